The van der Waals surface area contributed by atoms with Gasteiger partial charge in [-0.25, -0.2) is 9.59 Å². The van der Waals surface area contributed by atoms with Gasteiger partial charge in [-0.2, -0.15) is 0 Å². The quantitative estimate of drug-likeness (QED) is 0.281. The molecule has 0 fully saturated rings. The van der Waals surface area contributed by atoms with E-state index in [0.717, 1.165) is 44.5 Å². The molecule has 0 spiro atoms. The normalized spacial score (nSPS) is 13.9. The summed E-state index contributed by atoms with van der Waals surface area (Å²) in [6.45, 7) is 0.0691. The van der Waals surface area contributed by atoms with Crippen LogP contribution in [0.1, 0.15) is 40.5 Å². The van der Waals surface area contributed by atoms with Gasteiger partial charge in [0.2, 0.25) is 0 Å². The number of hydrogen-bond donors (Lipinski definition) is 2. The van der Waals surface area contributed by atoms with Crippen LogP contribution >= 0.6 is 0 Å². The smallest absolute Gasteiger partial charge is 0.407 e. The van der Waals surface area contributed by atoms with Crippen molar-refractivity contribution in [3.8, 4) is 22.3 Å². The van der Waals surface area contributed by atoms with Crippen LogP contribution in [0, 0.1) is 0 Å². The summed E-state index contributed by atoms with van der Waals surface area (Å²) in [5, 5.41) is 11.8. The number of rotatable bonds is 8. The summed E-state index contributed by atoms with van der Waals surface area (Å²) >= 11 is 0. The highest BCUT2D eigenvalue weighted by molar-refractivity contribution is 5.86. The van der Waals surface area contributed by atoms with E-state index in [0.29, 0.717) is 0 Å². The number of alkyl carbamates (subject to hydrolysis) is 1. The van der Waals surface area contributed by atoms with Crippen LogP contribution in [0.5, 0.6) is 0 Å². The van der Waals surface area contributed by atoms with Gasteiger partial charge in [-0.05, 0) is 44.5 Å². The number of esters is 1. The lowest BCUT2D eigenvalue weighted by atomic mass is 9.98. The van der Waals surface area contributed by atoms with E-state index in [2.05, 4.69) is 5.32 Å². The number of nitrogens with one attached hydrogen (secondary N) is 1. The van der Waals surface area contributed by atoms with E-state index >= 15 is 0 Å². The number of fused-ring (bicyclic) bond motifs is 6. The second-order valence-corrected chi connectivity index (χ2v) is 9.98. The Balaban J connectivity index is 1.12. The predicted octanol–water partition coefficient (Wildman–Crippen LogP) is 5.72. The van der Waals surface area contributed by atoms with Gasteiger partial charge in [0.15, 0.2) is 0 Å². The molecular formula is C33H27NO6. The number of amides is 1. The Morgan fingerprint density at radius 2 is 1.00 bits per heavy atom. The Labute approximate surface area is 231 Å². The van der Waals surface area contributed by atoms with E-state index < -0.39 is 30.5 Å². The van der Waals surface area contributed by atoms with E-state index in [1.807, 2.05) is 97.1 Å². The third kappa shape index (κ3) is 4.71. The Kier molecular flexibility index (Phi) is 6.78. The molecule has 0 radical (unpaired) electrons. The summed E-state index contributed by atoms with van der Waals surface area (Å²) in [6, 6.07) is 30.4. The number of hydrogen-bond acceptors (Lipinski definition) is 5. The molecule has 2 aliphatic rings. The Hall–Kier alpha value is -4.91. The van der Waals surface area contributed by atoms with Crippen LogP contribution in [0.2, 0.25) is 0 Å². The van der Waals surface area contributed by atoms with Crippen LogP contribution < -0.4 is 5.32 Å². The monoisotopic (exact) mass is 533 g/mol. The summed E-state index contributed by atoms with van der Waals surface area (Å²) in [5.74, 6) is -2.41. The summed E-state index contributed by atoms with van der Waals surface area (Å²) in [5.41, 5.74) is 8.52. The minimum absolute atomic E-state index is 0.0232. The van der Waals surface area contributed by atoms with Gasteiger partial charge < -0.3 is 19.9 Å². The maximum atomic E-state index is 13.0. The van der Waals surface area contributed by atoms with Crippen molar-refractivity contribution < 1.29 is 29.0 Å². The molecule has 1 amide bonds. The van der Waals surface area contributed by atoms with Crippen molar-refractivity contribution >= 4 is 18.0 Å². The lowest BCUT2D eigenvalue weighted by Crippen LogP contribution is -2.44. The number of carboxylic acids is 1. The van der Waals surface area contributed by atoms with Gasteiger partial charge in [-0.15, -0.1) is 0 Å². The van der Waals surface area contributed by atoms with Gasteiger partial charge in [-0.1, -0.05) is 97.1 Å². The van der Waals surface area contributed by atoms with Crippen molar-refractivity contribution in [2.45, 2.75) is 24.3 Å². The van der Waals surface area contributed by atoms with Crippen LogP contribution in [-0.2, 0) is 19.1 Å². The second kappa shape index (κ2) is 10.7. The number of carbonyl (C=O) groups excluding carboxylic acids is 2. The number of benzene rings is 4. The molecule has 1 unspecified atom stereocenters. The lowest BCUT2D eigenvalue weighted by molar-refractivity contribution is -0.150. The van der Waals surface area contributed by atoms with E-state index in [4.69, 9.17) is 9.47 Å². The van der Waals surface area contributed by atoms with Crippen LogP contribution in [0.3, 0.4) is 0 Å². The summed E-state index contributed by atoms with van der Waals surface area (Å²) in [7, 11) is 0. The standard InChI is InChI=1S/C33H27NO6/c35-31(36)17-30(32(37)39-18-28-24-13-5-1-9-20(24)21-10-2-6-14-25(21)28)34-33(38)40-19-29-26-15-7-3-11-22(26)23-12-4-8-16-27(23)29/h1-16,28-30H,17-19H2,(H,34,38)(H,35,36). The molecule has 7 heteroatoms. The molecular weight excluding hydrogens is 506 g/mol. The highest BCUT2D eigenvalue weighted by Crippen LogP contribution is 2.45. The maximum Gasteiger partial charge on any atom is 0.407 e. The van der Waals surface area contributed by atoms with Crippen molar-refractivity contribution in [3.05, 3.63) is 119 Å². The number of carboxylic acid groups (broad SMARTS) is 1. The second-order valence-electron chi connectivity index (χ2n) is 9.98. The Morgan fingerprint density at radius 1 is 0.625 bits per heavy atom. The molecule has 6 rings (SSSR count). The van der Waals surface area contributed by atoms with Crippen LogP contribution in [0.4, 0.5) is 4.79 Å². The first-order valence-corrected chi connectivity index (χ1v) is 13.2. The Bertz CT molecular complexity index is 1520. The van der Waals surface area contributed by atoms with Gasteiger partial charge in [-0.3, -0.25) is 4.79 Å². The molecule has 0 heterocycles. The van der Waals surface area contributed by atoms with E-state index in [1.54, 1.807) is 0 Å². The van der Waals surface area contributed by atoms with Crippen molar-refractivity contribution in [1.82, 2.24) is 5.32 Å². The molecule has 0 saturated heterocycles. The fourth-order valence-electron chi connectivity index (χ4n) is 5.86. The fourth-order valence-corrected chi connectivity index (χ4v) is 5.86. The van der Waals surface area contributed by atoms with Gasteiger partial charge in [0.1, 0.15) is 19.3 Å². The highest BCUT2D eigenvalue weighted by atomic mass is 16.6. The van der Waals surface area contributed by atoms with E-state index in [-0.39, 0.29) is 25.0 Å². The molecule has 0 saturated carbocycles. The van der Waals surface area contributed by atoms with Crippen LogP contribution in [0.25, 0.3) is 22.3 Å². The number of aliphatic carboxylic acids is 1. The minimum Gasteiger partial charge on any atom is -0.481 e. The van der Waals surface area contributed by atoms with Crippen LogP contribution in [0.15, 0.2) is 97.1 Å². The third-order valence-corrected chi connectivity index (χ3v) is 7.65. The lowest BCUT2D eigenvalue weighted by Gasteiger charge is -2.20. The molecule has 1 atom stereocenters. The SMILES string of the molecule is O=C(O)CC(NC(=O)OCC1c2ccccc2-c2ccccc21)C(=O)OCC1c2ccccc2-c2ccccc21. The molecule has 0 aromatic heterocycles. The van der Waals surface area contributed by atoms with Gasteiger partial charge in [0, 0.05) is 11.8 Å². The zero-order valence-corrected chi connectivity index (χ0v) is 21.6. The molecule has 4 aromatic rings. The molecule has 200 valence electrons. The molecule has 2 N–H and O–H groups in total. The molecule has 2 aliphatic carbocycles. The molecule has 40 heavy (non-hydrogen) atoms. The maximum absolute atomic E-state index is 13.0. The topological polar surface area (TPSA) is 102 Å². The molecule has 0 bridgehead atoms. The third-order valence-electron chi connectivity index (χ3n) is 7.65. The van der Waals surface area contributed by atoms with Gasteiger partial charge >= 0.3 is 18.0 Å². The van der Waals surface area contributed by atoms with Crippen molar-refractivity contribution in [2.24, 2.45) is 0 Å². The molecule has 0 aliphatic heterocycles. The predicted molar refractivity (Wildman–Crippen MR) is 149 cm³/mol. The minimum atomic E-state index is -1.39. The largest absolute Gasteiger partial charge is 0.481 e. The van der Waals surface area contributed by atoms with E-state index in [1.165, 1.54) is 0 Å². The average Bonchev–Trinajstić information content (AvgIpc) is 3.47. The highest BCUT2D eigenvalue weighted by Gasteiger charge is 2.33. The molecule has 7 nitrogen and oxygen atoms in total. The van der Waals surface area contributed by atoms with Crippen molar-refractivity contribution in [1.29, 1.82) is 0 Å². The first kappa shape index (κ1) is 25.4. The Morgan fingerprint density at radius 3 is 1.40 bits per heavy atom. The van der Waals surface area contributed by atoms with Crippen LogP contribution in [-0.4, -0.2) is 42.4 Å². The average molecular weight is 534 g/mol. The van der Waals surface area contributed by atoms with Crippen molar-refractivity contribution in [2.75, 3.05) is 13.2 Å². The van der Waals surface area contributed by atoms with Gasteiger partial charge in [0.25, 0.3) is 0 Å². The summed E-state index contributed by atoms with van der Waals surface area (Å²) < 4.78 is 11.1. The number of carbonyl (C=O) groups is 3. The fraction of sp³-hybridized carbons (Fsp3) is 0.182. The first-order valence-electron chi connectivity index (χ1n) is 13.2. The zero-order valence-electron chi connectivity index (χ0n) is 21.6. The molecule has 4 aromatic carbocycles. The zero-order chi connectivity index (χ0) is 27.6. The van der Waals surface area contributed by atoms with E-state index in [9.17, 15) is 19.5 Å². The summed E-state index contributed by atoms with van der Waals surface area (Å²) in [4.78, 5) is 37.3. The van der Waals surface area contributed by atoms with Gasteiger partial charge in [0.05, 0.1) is 6.42 Å². The summed E-state index contributed by atoms with van der Waals surface area (Å²) in [6.07, 6.45) is -1.50. The van der Waals surface area contributed by atoms with Crippen molar-refractivity contribution in [3.63, 3.8) is 0 Å². The first-order chi connectivity index (χ1) is 19.5. The number of ether oxygens (including phenoxy) is 2.